The minimum Gasteiger partial charge on any atom is -0.493 e. The summed E-state index contributed by atoms with van der Waals surface area (Å²) in [5.74, 6) is 0.0747. The molecule has 0 radical (unpaired) electrons. The van der Waals surface area contributed by atoms with E-state index < -0.39 is 21.3 Å². The Hall–Kier alpha value is -2.20. The summed E-state index contributed by atoms with van der Waals surface area (Å²) in [6.45, 7) is 4.73. The number of carbonyl (C=O) groups is 1. The van der Waals surface area contributed by atoms with E-state index in [1.807, 2.05) is 13.0 Å². The molecule has 2 saturated heterocycles. The molecule has 0 spiro atoms. The molecule has 2 aromatic carbocycles. The number of piperidine rings is 1. The van der Waals surface area contributed by atoms with E-state index in [1.165, 1.54) is 22.5 Å². The van der Waals surface area contributed by atoms with Crippen molar-refractivity contribution in [3.05, 3.63) is 58.9 Å². The molecule has 4 rings (SSSR count). The summed E-state index contributed by atoms with van der Waals surface area (Å²) in [4.78, 5) is 14.9. The normalized spacial score (nSPS) is 18.9. The minimum absolute atomic E-state index is 0.0191. The fourth-order valence-corrected chi connectivity index (χ4v) is 6.13. The molecule has 0 bridgehead atoms. The fourth-order valence-electron chi connectivity index (χ4n) is 4.54. The highest BCUT2D eigenvalue weighted by atomic mass is 35.5. The summed E-state index contributed by atoms with van der Waals surface area (Å²) in [6.07, 6.45) is 1.15. The summed E-state index contributed by atoms with van der Waals surface area (Å²) in [6, 6.07) is 10.4. The van der Waals surface area contributed by atoms with Crippen LogP contribution in [0.1, 0.15) is 24.8 Å². The van der Waals surface area contributed by atoms with Gasteiger partial charge in [-0.15, -0.1) is 0 Å². The number of rotatable bonds is 7. The molecule has 2 aliphatic rings. The second kappa shape index (κ2) is 10.8. The monoisotopic (exact) mass is 524 g/mol. The lowest BCUT2D eigenvalue weighted by molar-refractivity contribution is -0.139. The average molecular weight is 525 g/mol. The quantitative estimate of drug-likeness (QED) is 0.549. The standard InChI is InChI=1S/C25H30ClFN2O5S/c1-19-15-21(5-6-23(19)26)34-18-25(17-24(30)28-11-13-33-14-12-28)7-9-29(10-8-25)35(31,32)22-4-2-3-20(27)16-22/h2-6,15-16H,7-14,17-18H2,1H3. The van der Waals surface area contributed by atoms with Gasteiger partial charge in [-0.05, 0) is 61.7 Å². The molecule has 1 amide bonds. The van der Waals surface area contributed by atoms with E-state index in [0.717, 1.165) is 11.6 Å². The molecule has 0 unspecified atom stereocenters. The Morgan fingerprint density at radius 3 is 2.49 bits per heavy atom. The van der Waals surface area contributed by atoms with Gasteiger partial charge in [0.1, 0.15) is 11.6 Å². The maximum atomic E-state index is 13.7. The van der Waals surface area contributed by atoms with Crippen molar-refractivity contribution in [2.45, 2.75) is 31.1 Å². The highest BCUT2D eigenvalue weighted by molar-refractivity contribution is 7.89. The van der Waals surface area contributed by atoms with Gasteiger partial charge in [0.15, 0.2) is 0 Å². The molecule has 10 heteroatoms. The van der Waals surface area contributed by atoms with Crippen molar-refractivity contribution in [2.24, 2.45) is 5.41 Å². The first-order valence-corrected chi connectivity index (χ1v) is 13.5. The Morgan fingerprint density at radius 2 is 1.83 bits per heavy atom. The van der Waals surface area contributed by atoms with Gasteiger partial charge in [-0.1, -0.05) is 17.7 Å². The lowest BCUT2D eigenvalue weighted by Gasteiger charge is -2.41. The molecule has 190 valence electrons. The van der Waals surface area contributed by atoms with Gasteiger partial charge in [0, 0.05) is 43.0 Å². The van der Waals surface area contributed by atoms with Crippen molar-refractivity contribution >= 4 is 27.5 Å². The number of hydrogen-bond donors (Lipinski definition) is 0. The van der Waals surface area contributed by atoms with Crippen LogP contribution in [0.25, 0.3) is 0 Å². The van der Waals surface area contributed by atoms with E-state index in [1.54, 1.807) is 17.0 Å². The number of sulfonamides is 1. The summed E-state index contributed by atoms with van der Waals surface area (Å²) >= 11 is 6.13. The molecule has 2 fully saturated rings. The predicted molar refractivity (Wildman–Crippen MR) is 131 cm³/mol. The largest absolute Gasteiger partial charge is 0.493 e. The number of halogens is 2. The first-order valence-electron chi connectivity index (χ1n) is 11.7. The molecule has 35 heavy (non-hydrogen) atoms. The van der Waals surface area contributed by atoms with Crippen molar-refractivity contribution in [1.29, 1.82) is 0 Å². The Morgan fingerprint density at radius 1 is 1.11 bits per heavy atom. The number of morpholine rings is 1. The molecule has 0 aliphatic carbocycles. The Balaban J connectivity index is 1.50. The molecule has 0 atom stereocenters. The number of ether oxygens (including phenoxy) is 2. The number of aryl methyl sites for hydroxylation is 1. The van der Waals surface area contributed by atoms with Gasteiger partial charge in [0.25, 0.3) is 0 Å². The van der Waals surface area contributed by atoms with Crippen molar-refractivity contribution in [2.75, 3.05) is 46.0 Å². The highest BCUT2D eigenvalue weighted by Gasteiger charge is 2.41. The van der Waals surface area contributed by atoms with Gasteiger partial charge in [0.2, 0.25) is 15.9 Å². The summed E-state index contributed by atoms with van der Waals surface area (Å²) in [5.41, 5.74) is 0.357. The predicted octanol–water partition coefficient (Wildman–Crippen LogP) is 3.89. The summed E-state index contributed by atoms with van der Waals surface area (Å²) in [5, 5.41) is 0.644. The third kappa shape index (κ3) is 6.14. The second-order valence-electron chi connectivity index (χ2n) is 9.23. The third-order valence-electron chi connectivity index (χ3n) is 6.78. The molecule has 0 N–H and O–H groups in total. The zero-order chi connectivity index (χ0) is 25.1. The first-order chi connectivity index (χ1) is 16.7. The van der Waals surface area contributed by atoms with Gasteiger partial charge in [-0.25, -0.2) is 12.8 Å². The lowest BCUT2D eigenvalue weighted by Crippen LogP contribution is -2.49. The van der Waals surface area contributed by atoms with Crippen LogP contribution in [0.5, 0.6) is 5.75 Å². The number of carbonyl (C=O) groups excluding carboxylic acids is 1. The van der Waals surface area contributed by atoms with Crippen LogP contribution >= 0.6 is 11.6 Å². The van der Waals surface area contributed by atoms with Gasteiger partial charge in [0.05, 0.1) is 24.7 Å². The molecular weight excluding hydrogens is 495 g/mol. The SMILES string of the molecule is Cc1cc(OCC2(CC(=O)N3CCOCC3)CCN(S(=O)(=O)c3cccc(F)c3)CC2)ccc1Cl. The second-order valence-corrected chi connectivity index (χ2v) is 11.6. The molecule has 2 aliphatic heterocycles. The maximum absolute atomic E-state index is 13.7. The van der Waals surface area contributed by atoms with E-state index in [-0.39, 0.29) is 36.9 Å². The van der Waals surface area contributed by atoms with Crippen LogP contribution in [-0.2, 0) is 19.6 Å². The average Bonchev–Trinajstić information content (AvgIpc) is 2.86. The van der Waals surface area contributed by atoms with E-state index in [9.17, 15) is 17.6 Å². The number of hydrogen-bond acceptors (Lipinski definition) is 5. The van der Waals surface area contributed by atoms with E-state index in [2.05, 4.69) is 0 Å². The van der Waals surface area contributed by atoms with Crippen LogP contribution in [-0.4, -0.2) is 69.5 Å². The van der Waals surface area contributed by atoms with Gasteiger partial charge < -0.3 is 14.4 Å². The highest BCUT2D eigenvalue weighted by Crippen LogP contribution is 2.38. The number of nitrogens with zero attached hydrogens (tertiary/aromatic N) is 2. The first kappa shape index (κ1) is 25.9. The maximum Gasteiger partial charge on any atom is 0.243 e. The molecule has 7 nitrogen and oxygen atoms in total. The Kier molecular flexibility index (Phi) is 8.00. The fraction of sp³-hybridized carbons (Fsp3) is 0.480. The Labute approximate surface area is 210 Å². The summed E-state index contributed by atoms with van der Waals surface area (Å²) in [7, 11) is -3.84. The van der Waals surface area contributed by atoms with Crippen LogP contribution in [0, 0.1) is 18.2 Å². The van der Waals surface area contributed by atoms with Crippen molar-refractivity contribution < 1.29 is 27.1 Å². The van der Waals surface area contributed by atoms with E-state index in [0.29, 0.717) is 49.9 Å². The molecule has 0 saturated carbocycles. The molecule has 0 aromatic heterocycles. The molecular formula is C25H30ClFN2O5S. The van der Waals surface area contributed by atoms with Gasteiger partial charge in [-0.2, -0.15) is 4.31 Å². The van der Waals surface area contributed by atoms with Crippen LogP contribution in [0.2, 0.25) is 5.02 Å². The van der Waals surface area contributed by atoms with Crippen molar-refractivity contribution in [1.82, 2.24) is 9.21 Å². The third-order valence-corrected chi connectivity index (χ3v) is 9.10. The van der Waals surface area contributed by atoms with Gasteiger partial charge in [-0.3, -0.25) is 4.79 Å². The van der Waals surface area contributed by atoms with Crippen molar-refractivity contribution in [3.63, 3.8) is 0 Å². The van der Waals surface area contributed by atoms with Crippen molar-refractivity contribution in [3.8, 4) is 5.75 Å². The Bertz CT molecular complexity index is 1160. The number of benzene rings is 2. The number of amides is 1. The lowest BCUT2D eigenvalue weighted by atomic mass is 9.76. The van der Waals surface area contributed by atoms with E-state index in [4.69, 9.17) is 21.1 Å². The van der Waals surface area contributed by atoms with Crippen LogP contribution < -0.4 is 4.74 Å². The minimum atomic E-state index is -3.84. The van der Waals surface area contributed by atoms with Crippen LogP contribution in [0.3, 0.4) is 0 Å². The molecule has 2 heterocycles. The van der Waals surface area contributed by atoms with E-state index >= 15 is 0 Å². The zero-order valence-corrected chi connectivity index (χ0v) is 21.3. The van der Waals surface area contributed by atoms with Gasteiger partial charge >= 0.3 is 0 Å². The zero-order valence-electron chi connectivity index (χ0n) is 19.7. The molecule has 2 aromatic rings. The topological polar surface area (TPSA) is 76.2 Å². The summed E-state index contributed by atoms with van der Waals surface area (Å²) < 4.78 is 52.7. The smallest absolute Gasteiger partial charge is 0.243 e. The van der Waals surface area contributed by atoms with Crippen LogP contribution in [0.15, 0.2) is 47.4 Å². The van der Waals surface area contributed by atoms with Crippen LogP contribution in [0.4, 0.5) is 4.39 Å².